The van der Waals surface area contributed by atoms with Gasteiger partial charge in [0, 0.05) is 5.41 Å². The van der Waals surface area contributed by atoms with Crippen LogP contribution in [0.3, 0.4) is 0 Å². The molecule has 36 heavy (non-hydrogen) atoms. The molecule has 0 heterocycles. The van der Waals surface area contributed by atoms with Crippen LogP contribution in [0.2, 0.25) is 0 Å². The van der Waals surface area contributed by atoms with Crippen LogP contribution < -0.4 is 0 Å². The summed E-state index contributed by atoms with van der Waals surface area (Å²) in [5.41, 5.74) is 16.4. The van der Waals surface area contributed by atoms with Gasteiger partial charge in [0.25, 0.3) is 0 Å². The lowest BCUT2D eigenvalue weighted by Gasteiger charge is -2.29. The lowest BCUT2D eigenvalue weighted by atomic mass is 9.75. The molecule has 190 valence electrons. The van der Waals surface area contributed by atoms with Gasteiger partial charge in [0.05, 0.1) is 0 Å². The molecule has 0 atom stereocenters. The van der Waals surface area contributed by atoms with E-state index in [2.05, 4.69) is 142 Å². The first-order valence-electron chi connectivity index (χ1n) is 12.7. The molecule has 0 spiro atoms. The van der Waals surface area contributed by atoms with E-state index < -0.39 is 0 Å². The molecule has 0 aromatic heterocycles. The number of benzene rings is 4. The summed E-state index contributed by atoms with van der Waals surface area (Å²) in [5, 5.41) is 0. The molecule has 0 amide bonds. The lowest BCUT2D eigenvalue weighted by Crippen LogP contribution is -2.20. The zero-order valence-corrected chi connectivity index (χ0v) is 23.4. The van der Waals surface area contributed by atoms with Crippen LogP contribution in [0.25, 0.3) is 11.1 Å². The second-order valence-corrected chi connectivity index (χ2v) is 10.8. The minimum absolute atomic E-state index is 0. The third-order valence-corrected chi connectivity index (χ3v) is 7.73. The van der Waals surface area contributed by atoms with Gasteiger partial charge >= 0.3 is 0 Å². The minimum Gasteiger partial charge on any atom is -0.0776 e. The van der Waals surface area contributed by atoms with Gasteiger partial charge in [0.15, 0.2) is 0 Å². The summed E-state index contributed by atoms with van der Waals surface area (Å²) in [6, 6.07) is 26.7. The highest BCUT2D eigenvalue weighted by molar-refractivity contribution is 5.63. The van der Waals surface area contributed by atoms with Crippen molar-refractivity contribution in [2.75, 3.05) is 0 Å². The van der Waals surface area contributed by atoms with E-state index in [1.807, 2.05) is 0 Å². The lowest BCUT2D eigenvalue weighted by molar-refractivity contribution is 0.637. The van der Waals surface area contributed by atoms with E-state index in [4.69, 9.17) is 0 Å². The van der Waals surface area contributed by atoms with Crippen molar-refractivity contribution in [1.29, 1.82) is 0 Å². The Labute approximate surface area is 221 Å². The van der Waals surface area contributed by atoms with Crippen molar-refractivity contribution in [2.45, 2.75) is 82.1 Å². The predicted octanol–water partition coefficient (Wildman–Crippen LogP) is 10.5. The molecule has 0 heteroatoms. The second-order valence-electron chi connectivity index (χ2n) is 10.8. The van der Waals surface area contributed by atoms with Crippen LogP contribution >= 0.6 is 0 Å². The van der Waals surface area contributed by atoms with Crippen LogP contribution in [0.4, 0.5) is 0 Å². The maximum atomic E-state index is 2.35. The fourth-order valence-electron chi connectivity index (χ4n) is 4.45. The standard InChI is InChI=1S/C21H28.C14H14.CH4/c1-13-9-19(10-14(2)17(13)5)21(7,8)20-11-15(3)18(6)16(4)12-20;1-11-3-7-13(8-4-11)14-9-5-12(2)6-10-14;/h9-12H,1-8H3;3-10H,1-2H3;1H4. The summed E-state index contributed by atoms with van der Waals surface area (Å²) in [4.78, 5) is 0. The molecule has 0 aliphatic carbocycles. The van der Waals surface area contributed by atoms with Crippen molar-refractivity contribution in [1.82, 2.24) is 0 Å². The van der Waals surface area contributed by atoms with E-state index in [9.17, 15) is 0 Å². The van der Waals surface area contributed by atoms with Gasteiger partial charge in [-0.2, -0.15) is 0 Å². The summed E-state index contributed by atoms with van der Waals surface area (Å²) in [6.07, 6.45) is 0. The monoisotopic (exact) mass is 478 g/mol. The largest absolute Gasteiger partial charge is 0.0776 e. The third-order valence-electron chi connectivity index (χ3n) is 7.73. The van der Waals surface area contributed by atoms with Crippen LogP contribution in [0.5, 0.6) is 0 Å². The third kappa shape index (κ3) is 6.55. The van der Waals surface area contributed by atoms with Crippen molar-refractivity contribution in [3.05, 3.63) is 128 Å². The average molecular weight is 479 g/mol. The quantitative estimate of drug-likeness (QED) is 0.275. The molecule has 0 N–H and O–H groups in total. The van der Waals surface area contributed by atoms with E-state index in [-0.39, 0.29) is 12.8 Å². The van der Waals surface area contributed by atoms with Crippen molar-refractivity contribution in [3.63, 3.8) is 0 Å². The maximum Gasteiger partial charge on any atom is 0.0146 e. The van der Waals surface area contributed by atoms with E-state index in [1.165, 1.54) is 66.8 Å². The Hall–Kier alpha value is -3.12. The number of hydrogen-bond donors (Lipinski definition) is 0. The molecule has 0 saturated heterocycles. The van der Waals surface area contributed by atoms with Gasteiger partial charge < -0.3 is 0 Å². The van der Waals surface area contributed by atoms with E-state index in [0.717, 1.165) is 0 Å². The van der Waals surface area contributed by atoms with Crippen molar-refractivity contribution < 1.29 is 0 Å². The van der Waals surface area contributed by atoms with Gasteiger partial charge in [-0.05, 0) is 111 Å². The molecule has 0 nitrogen and oxygen atoms in total. The van der Waals surface area contributed by atoms with Crippen molar-refractivity contribution in [2.24, 2.45) is 0 Å². The van der Waals surface area contributed by atoms with Gasteiger partial charge in [-0.1, -0.05) is 105 Å². The molecule has 0 aliphatic rings. The Morgan fingerprint density at radius 2 is 0.667 bits per heavy atom. The number of rotatable bonds is 3. The first-order chi connectivity index (χ1) is 16.4. The number of aryl methyl sites for hydroxylation is 6. The van der Waals surface area contributed by atoms with E-state index in [0.29, 0.717) is 0 Å². The SMILES string of the molecule is C.Cc1cc(C(C)(C)c2cc(C)c(C)c(C)c2)cc(C)c1C.Cc1ccc(-c2ccc(C)cc2)cc1. The summed E-state index contributed by atoms with van der Waals surface area (Å²) in [6.45, 7) is 22.2. The smallest absolute Gasteiger partial charge is 0.0146 e. The molecule has 0 bridgehead atoms. The zero-order valence-electron chi connectivity index (χ0n) is 23.4. The summed E-state index contributed by atoms with van der Waals surface area (Å²) in [5.74, 6) is 0. The highest BCUT2D eigenvalue weighted by Crippen LogP contribution is 2.35. The Morgan fingerprint density at radius 1 is 0.417 bits per heavy atom. The van der Waals surface area contributed by atoms with Gasteiger partial charge in [-0.25, -0.2) is 0 Å². The predicted molar refractivity (Wildman–Crippen MR) is 162 cm³/mol. The van der Waals surface area contributed by atoms with Crippen molar-refractivity contribution >= 4 is 0 Å². The molecule has 0 saturated carbocycles. The summed E-state index contributed by atoms with van der Waals surface area (Å²) in [7, 11) is 0. The first-order valence-corrected chi connectivity index (χ1v) is 12.7. The van der Waals surface area contributed by atoms with Crippen molar-refractivity contribution in [3.8, 4) is 11.1 Å². The van der Waals surface area contributed by atoms with Gasteiger partial charge in [0.2, 0.25) is 0 Å². The zero-order chi connectivity index (χ0) is 25.9. The maximum absolute atomic E-state index is 2.35. The molecular weight excluding hydrogens is 432 g/mol. The molecule has 4 aromatic rings. The van der Waals surface area contributed by atoms with E-state index >= 15 is 0 Å². The normalized spacial score (nSPS) is 10.8. The molecule has 4 rings (SSSR count). The fourth-order valence-corrected chi connectivity index (χ4v) is 4.45. The van der Waals surface area contributed by atoms with Crippen LogP contribution in [0.15, 0.2) is 72.8 Å². The van der Waals surface area contributed by atoms with Crippen LogP contribution in [0, 0.1) is 55.4 Å². The molecular formula is C36H46. The fraction of sp³-hybridized carbons (Fsp3) is 0.333. The summed E-state index contributed by atoms with van der Waals surface area (Å²) >= 11 is 0. The van der Waals surface area contributed by atoms with Gasteiger partial charge in [0.1, 0.15) is 0 Å². The molecule has 0 fully saturated rings. The number of hydrogen-bond acceptors (Lipinski definition) is 0. The highest BCUT2D eigenvalue weighted by atomic mass is 14.3. The Bertz CT molecular complexity index is 1150. The second kappa shape index (κ2) is 11.7. The van der Waals surface area contributed by atoms with Gasteiger partial charge in [-0.3, -0.25) is 0 Å². The topological polar surface area (TPSA) is 0 Å². The van der Waals surface area contributed by atoms with Gasteiger partial charge in [-0.15, -0.1) is 0 Å². The Kier molecular flexibility index (Phi) is 9.50. The Balaban J connectivity index is 0.000000265. The van der Waals surface area contributed by atoms with Crippen LogP contribution in [-0.2, 0) is 5.41 Å². The molecule has 0 radical (unpaired) electrons. The molecule has 0 aliphatic heterocycles. The van der Waals surface area contributed by atoms with Crippen LogP contribution in [0.1, 0.15) is 76.9 Å². The molecule has 0 unspecified atom stereocenters. The first kappa shape index (κ1) is 29.1. The van der Waals surface area contributed by atoms with Crippen LogP contribution in [-0.4, -0.2) is 0 Å². The van der Waals surface area contributed by atoms with E-state index in [1.54, 1.807) is 0 Å². The minimum atomic E-state index is 0. The highest BCUT2D eigenvalue weighted by Gasteiger charge is 2.25. The summed E-state index contributed by atoms with van der Waals surface area (Å²) < 4.78 is 0. The Morgan fingerprint density at radius 3 is 0.917 bits per heavy atom. The average Bonchev–Trinajstić information content (AvgIpc) is 2.82. The molecule has 4 aromatic carbocycles.